The third-order valence-electron chi connectivity index (χ3n) is 4.46. The van der Waals surface area contributed by atoms with E-state index in [0.29, 0.717) is 13.2 Å². The summed E-state index contributed by atoms with van der Waals surface area (Å²) in [6, 6.07) is 6.23. The van der Waals surface area contributed by atoms with Crippen molar-refractivity contribution in [1.82, 2.24) is 34.5 Å². The fourth-order valence-corrected chi connectivity index (χ4v) is 4.11. The van der Waals surface area contributed by atoms with E-state index < -0.39 is 0 Å². The number of aromatic nitrogens is 7. The number of ether oxygens (including phenoxy) is 1. The van der Waals surface area contributed by atoms with Gasteiger partial charge in [-0.15, -0.1) is 16.4 Å². The van der Waals surface area contributed by atoms with Crippen molar-refractivity contribution in [3.63, 3.8) is 0 Å². The maximum Gasteiger partial charge on any atom is 0.172 e. The maximum absolute atomic E-state index is 5.57. The number of hydrogen-bond acceptors (Lipinski definition) is 7. The van der Waals surface area contributed by atoms with Crippen molar-refractivity contribution >= 4 is 21.6 Å². The largest absolute Gasteiger partial charge is 0.381 e. The topological polar surface area (TPSA) is 83.5 Å². The van der Waals surface area contributed by atoms with E-state index in [9.17, 15) is 0 Å². The van der Waals surface area contributed by atoms with E-state index in [4.69, 9.17) is 14.8 Å². The Morgan fingerprint density at radius 1 is 1.31 bits per heavy atom. The van der Waals surface area contributed by atoms with Gasteiger partial charge in [-0.3, -0.25) is 0 Å². The van der Waals surface area contributed by atoms with Gasteiger partial charge in [0.15, 0.2) is 5.82 Å². The fourth-order valence-electron chi connectivity index (χ4n) is 3.25. The molecule has 132 valence electrons. The van der Waals surface area contributed by atoms with Crippen LogP contribution in [0.5, 0.6) is 0 Å². The Hall–Kier alpha value is -2.65. The molecule has 1 fully saturated rings. The van der Waals surface area contributed by atoms with Gasteiger partial charge < -0.3 is 4.74 Å². The fraction of sp³-hybridized carbons (Fsp3) is 0.353. The molecule has 0 amide bonds. The van der Waals surface area contributed by atoms with Crippen LogP contribution in [0.15, 0.2) is 30.9 Å². The maximum atomic E-state index is 5.57. The van der Waals surface area contributed by atoms with Crippen LogP contribution in [-0.2, 0) is 11.3 Å². The molecule has 0 spiro atoms. The number of thiazole rings is 1. The first-order valence-electron chi connectivity index (χ1n) is 8.50. The third kappa shape index (κ3) is 2.78. The number of benzene rings is 1. The molecule has 5 rings (SSSR count). The number of rotatable bonds is 4. The zero-order valence-corrected chi connectivity index (χ0v) is 15.1. The number of nitrogens with zero attached hydrogens (tertiary/aromatic N) is 7. The van der Waals surface area contributed by atoms with E-state index in [0.717, 1.165) is 45.6 Å². The van der Waals surface area contributed by atoms with Gasteiger partial charge in [-0.25, -0.2) is 24.3 Å². The molecule has 9 heteroatoms. The summed E-state index contributed by atoms with van der Waals surface area (Å²) in [5.41, 5.74) is 2.02. The van der Waals surface area contributed by atoms with Gasteiger partial charge >= 0.3 is 0 Å². The predicted molar refractivity (Wildman–Crippen MR) is 96.6 cm³/mol. The number of aryl methyl sites for hydroxylation is 1. The Balaban J connectivity index is 1.58. The smallest absolute Gasteiger partial charge is 0.172 e. The molecule has 26 heavy (non-hydrogen) atoms. The van der Waals surface area contributed by atoms with Crippen molar-refractivity contribution in [2.75, 3.05) is 13.2 Å². The Bertz CT molecular complexity index is 1050. The number of fused-ring (bicyclic) bond motifs is 1. The minimum Gasteiger partial charge on any atom is -0.381 e. The first kappa shape index (κ1) is 15.6. The van der Waals surface area contributed by atoms with Crippen LogP contribution in [0.2, 0.25) is 0 Å². The van der Waals surface area contributed by atoms with E-state index in [2.05, 4.69) is 27.2 Å². The van der Waals surface area contributed by atoms with Crippen molar-refractivity contribution in [3.05, 3.63) is 47.5 Å². The predicted octanol–water partition coefficient (Wildman–Crippen LogP) is 2.33. The Labute approximate surface area is 153 Å². The van der Waals surface area contributed by atoms with Gasteiger partial charge in [0.25, 0.3) is 0 Å². The van der Waals surface area contributed by atoms with Crippen LogP contribution in [0.3, 0.4) is 0 Å². The summed E-state index contributed by atoms with van der Waals surface area (Å²) in [6.45, 7) is 3.97. The lowest BCUT2D eigenvalue weighted by atomic mass is 10.1. The molecule has 0 N–H and O–H groups in total. The molecule has 1 aliphatic rings. The molecule has 1 aromatic carbocycles. The standard InChI is InChI=1S/C17H17N7OS/c1-11-20-14-3-2-13(6-15(14)26-11)24-17(12-4-5-25-8-12)21-16(22-24)7-23-10-18-9-19-23/h2-3,6,9-10,12H,4-5,7-8H2,1H3/t12-/m0/s1. The van der Waals surface area contributed by atoms with Crippen molar-refractivity contribution in [2.24, 2.45) is 0 Å². The average Bonchev–Trinajstić information content (AvgIpc) is 3.41. The first-order chi connectivity index (χ1) is 12.8. The second kappa shape index (κ2) is 6.26. The third-order valence-corrected chi connectivity index (χ3v) is 5.40. The van der Waals surface area contributed by atoms with Crippen molar-refractivity contribution in [3.8, 4) is 5.69 Å². The molecule has 1 saturated heterocycles. The molecule has 0 aliphatic carbocycles. The van der Waals surface area contributed by atoms with E-state index in [-0.39, 0.29) is 5.92 Å². The molecule has 8 nitrogen and oxygen atoms in total. The van der Waals surface area contributed by atoms with Crippen LogP contribution < -0.4 is 0 Å². The summed E-state index contributed by atoms with van der Waals surface area (Å²) in [6.07, 6.45) is 4.15. The van der Waals surface area contributed by atoms with Crippen LogP contribution in [-0.4, -0.2) is 47.7 Å². The minimum absolute atomic E-state index is 0.255. The van der Waals surface area contributed by atoms with E-state index in [1.165, 1.54) is 6.33 Å². The molecule has 0 radical (unpaired) electrons. The van der Waals surface area contributed by atoms with Crippen LogP contribution in [0.4, 0.5) is 0 Å². The SMILES string of the molecule is Cc1nc2ccc(-n3nc(Cn4cncn4)nc3[C@H]3CCOC3)cc2s1. The van der Waals surface area contributed by atoms with Gasteiger partial charge in [0.2, 0.25) is 0 Å². The van der Waals surface area contributed by atoms with E-state index in [1.54, 1.807) is 22.3 Å². The van der Waals surface area contributed by atoms with Gasteiger partial charge in [0, 0.05) is 12.5 Å². The van der Waals surface area contributed by atoms with Crippen LogP contribution in [0.1, 0.15) is 29.0 Å². The quantitative estimate of drug-likeness (QED) is 0.550. The van der Waals surface area contributed by atoms with Gasteiger partial charge in [0.1, 0.15) is 25.0 Å². The van der Waals surface area contributed by atoms with Crippen molar-refractivity contribution < 1.29 is 4.74 Å². The highest BCUT2D eigenvalue weighted by molar-refractivity contribution is 7.18. The molecule has 4 heterocycles. The van der Waals surface area contributed by atoms with Gasteiger partial charge in [-0.1, -0.05) is 0 Å². The van der Waals surface area contributed by atoms with Gasteiger partial charge in [-0.05, 0) is 31.5 Å². The summed E-state index contributed by atoms with van der Waals surface area (Å²) in [5, 5.41) is 9.97. The zero-order valence-electron chi connectivity index (χ0n) is 14.2. The zero-order chi connectivity index (χ0) is 17.5. The average molecular weight is 367 g/mol. The molecule has 1 atom stereocenters. The molecule has 1 aliphatic heterocycles. The molecule has 0 bridgehead atoms. The summed E-state index contributed by atoms with van der Waals surface area (Å²) < 4.78 is 10.4. The second-order valence-electron chi connectivity index (χ2n) is 6.34. The van der Waals surface area contributed by atoms with E-state index >= 15 is 0 Å². The van der Waals surface area contributed by atoms with Crippen LogP contribution in [0, 0.1) is 6.92 Å². The Morgan fingerprint density at radius 2 is 2.27 bits per heavy atom. The normalized spacial score (nSPS) is 17.3. The molecule has 4 aromatic rings. The first-order valence-corrected chi connectivity index (χ1v) is 9.31. The highest BCUT2D eigenvalue weighted by atomic mass is 32.1. The second-order valence-corrected chi connectivity index (χ2v) is 7.57. The van der Waals surface area contributed by atoms with Crippen LogP contribution in [0.25, 0.3) is 15.9 Å². The summed E-state index contributed by atoms with van der Waals surface area (Å²) in [7, 11) is 0. The van der Waals surface area contributed by atoms with Crippen molar-refractivity contribution in [1.29, 1.82) is 0 Å². The van der Waals surface area contributed by atoms with E-state index in [1.807, 2.05) is 17.7 Å². The minimum atomic E-state index is 0.255. The molecule has 3 aromatic heterocycles. The lowest BCUT2D eigenvalue weighted by molar-refractivity contribution is 0.193. The number of hydrogen-bond donors (Lipinski definition) is 0. The molecule has 0 unspecified atom stereocenters. The lowest BCUT2D eigenvalue weighted by Crippen LogP contribution is -2.09. The monoisotopic (exact) mass is 367 g/mol. The highest BCUT2D eigenvalue weighted by Gasteiger charge is 2.25. The lowest BCUT2D eigenvalue weighted by Gasteiger charge is -2.09. The molecular weight excluding hydrogens is 350 g/mol. The van der Waals surface area contributed by atoms with Gasteiger partial charge in [0.05, 0.1) is 27.5 Å². The summed E-state index contributed by atoms with van der Waals surface area (Å²) in [4.78, 5) is 13.3. The highest BCUT2D eigenvalue weighted by Crippen LogP contribution is 2.28. The van der Waals surface area contributed by atoms with Crippen molar-refractivity contribution in [2.45, 2.75) is 25.8 Å². The van der Waals surface area contributed by atoms with Crippen LogP contribution >= 0.6 is 11.3 Å². The molecular formula is C17H17N7OS. The summed E-state index contributed by atoms with van der Waals surface area (Å²) >= 11 is 1.69. The Kier molecular flexibility index (Phi) is 3.75. The summed E-state index contributed by atoms with van der Waals surface area (Å²) in [5.74, 6) is 1.92. The van der Waals surface area contributed by atoms with Gasteiger partial charge in [-0.2, -0.15) is 5.10 Å². The molecule has 0 saturated carbocycles. The Morgan fingerprint density at radius 3 is 3.08 bits per heavy atom.